The summed E-state index contributed by atoms with van der Waals surface area (Å²) in [4.78, 5) is 58.0. The monoisotopic (exact) mass is 1670 g/mol. The molecular weight excluding hydrogens is 1550 g/mol. The minimum absolute atomic E-state index is 0.0347. The number of aromatic nitrogens is 4. The number of carbonyl (C=O) groups is 4. The molecule has 3 aliphatic rings. The Hall–Kier alpha value is -6.60. The first-order valence-corrected chi connectivity index (χ1v) is 39.7. The van der Waals surface area contributed by atoms with Gasteiger partial charge in [0, 0.05) is 83.5 Å². The smallest absolute Gasteiger partial charge is 0.222 e. The number of phenols is 1. The van der Waals surface area contributed by atoms with Crippen LogP contribution < -0.4 is 26.0 Å². The molecule has 5 heterocycles. The van der Waals surface area contributed by atoms with Crippen LogP contribution >= 0.6 is 0 Å². The topological polar surface area (TPSA) is 486 Å². The molecule has 4 amide bonds. The van der Waals surface area contributed by atoms with Crippen molar-refractivity contribution in [2.75, 3.05) is 245 Å². The number of methoxy groups -OCH3 is 1. The van der Waals surface area contributed by atoms with Gasteiger partial charge in [-0.25, -0.2) is 14.1 Å². The molecule has 40 heteroatoms. The average Bonchev–Trinajstić information content (AvgIpc) is 1.75. The van der Waals surface area contributed by atoms with Crippen molar-refractivity contribution in [3.05, 3.63) is 60.5 Å². The van der Waals surface area contributed by atoms with E-state index in [4.69, 9.17) is 99.7 Å². The second-order valence-electron chi connectivity index (χ2n) is 27.4. The quantitative estimate of drug-likeness (QED) is 0.0227. The summed E-state index contributed by atoms with van der Waals surface area (Å²) in [5.41, 5.74) is 0.493. The average molecular weight is 1670 g/mol. The van der Waals surface area contributed by atoms with E-state index in [1.54, 1.807) is 30.5 Å². The van der Waals surface area contributed by atoms with Gasteiger partial charge in [-0.05, 0) is 55.7 Å². The molecule has 0 spiro atoms. The number of carbonyl (C=O) groups excluding carboxylic acids is 4. The van der Waals surface area contributed by atoms with E-state index in [9.17, 15) is 59.3 Å². The highest BCUT2D eigenvalue weighted by Crippen LogP contribution is 2.27. The highest BCUT2D eigenvalue weighted by molar-refractivity contribution is 5.82. The van der Waals surface area contributed by atoms with Gasteiger partial charge in [0.2, 0.25) is 23.6 Å². The summed E-state index contributed by atoms with van der Waals surface area (Å²) < 4.78 is 128. The van der Waals surface area contributed by atoms with E-state index in [2.05, 4.69) is 31.6 Å². The zero-order valence-electron chi connectivity index (χ0n) is 66.7. The van der Waals surface area contributed by atoms with Crippen molar-refractivity contribution in [3.63, 3.8) is 0 Å². The van der Waals surface area contributed by atoms with Gasteiger partial charge in [-0.1, -0.05) is 11.3 Å². The molecule has 3 aliphatic heterocycles. The summed E-state index contributed by atoms with van der Waals surface area (Å²) in [5, 5.41) is 90.0. The second-order valence-corrected chi connectivity index (χ2v) is 27.4. The normalized spacial score (nSPS) is 20.4. The van der Waals surface area contributed by atoms with Crippen LogP contribution in [0.2, 0.25) is 0 Å². The van der Waals surface area contributed by atoms with Crippen molar-refractivity contribution in [3.8, 4) is 28.6 Å². The highest BCUT2D eigenvalue weighted by atomic mass is 19.1. The number of phenolic OH excluding ortho intramolecular Hbond substituents is 1. The number of amides is 4. The van der Waals surface area contributed by atoms with Gasteiger partial charge >= 0.3 is 0 Å². The molecular formula is C77H121FN8O31. The Bertz CT molecular complexity index is 3280. The number of hydrogen-bond donors (Lipinski definition) is 11. The maximum atomic E-state index is 14.1. The van der Waals surface area contributed by atoms with Crippen LogP contribution in [0.1, 0.15) is 51.4 Å². The molecule has 2 aromatic heterocycles. The zero-order chi connectivity index (χ0) is 83.3. The summed E-state index contributed by atoms with van der Waals surface area (Å²) in [7, 11) is 1.46. The van der Waals surface area contributed by atoms with Gasteiger partial charge in [-0.15, -0.1) is 5.10 Å². The number of nitrogens with one attached hydrogen (secondary N) is 4. The van der Waals surface area contributed by atoms with Gasteiger partial charge in [0.1, 0.15) is 53.6 Å². The molecule has 0 unspecified atom stereocenters. The number of aliphatic hydroxyl groups excluding tert-OH is 6. The number of halogens is 1. The number of fused-ring (bicyclic) bond motifs is 1. The van der Waals surface area contributed by atoms with E-state index >= 15 is 0 Å². The lowest BCUT2D eigenvalue weighted by Gasteiger charge is -2.36. The number of pyridine rings is 1. The predicted octanol–water partition coefficient (Wildman–Crippen LogP) is -1.39. The number of rotatable bonds is 66. The Kier molecular flexibility index (Phi) is 48.7. The second kappa shape index (κ2) is 58.4. The first-order valence-electron chi connectivity index (χ1n) is 39.7. The maximum absolute atomic E-state index is 14.1. The summed E-state index contributed by atoms with van der Waals surface area (Å²) in [6.45, 7) is 6.53. The molecule has 0 bridgehead atoms. The van der Waals surface area contributed by atoms with Gasteiger partial charge in [0.25, 0.3) is 0 Å². The molecule has 11 N–H and O–H groups in total. The van der Waals surface area contributed by atoms with Crippen LogP contribution in [0.25, 0.3) is 28.0 Å². The van der Waals surface area contributed by atoms with Crippen LogP contribution in [0.4, 0.5) is 4.39 Å². The Morgan fingerprint density at radius 2 is 0.932 bits per heavy atom. The molecule has 0 aliphatic carbocycles. The third kappa shape index (κ3) is 39.6. The molecule has 39 nitrogen and oxygen atoms in total. The molecule has 2 aromatic carbocycles. The fourth-order valence-corrected chi connectivity index (χ4v) is 11.6. The van der Waals surface area contributed by atoms with Gasteiger partial charge in [-0.2, -0.15) is 0 Å². The fourth-order valence-electron chi connectivity index (χ4n) is 11.6. The summed E-state index contributed by atoms with van der Waals surface area (Å²) >= 11 is 0. The van der Waals surface area contributed by atoms with Gasteiger partial charge < -0.3 is 152 Å². The van der Waals surface area contributed by atoms with Crippen LogP contribution in [0.5, 0.6) is 11.5 Å². The lowest BCUT2D eigenvalue weighted by Crippen LogP contribution is -2.58. The summed E-state index contributed by atoms with van der Waals surface area (Å²) in [6.07, 6.45) is -5.77. The number of aromatic hydroxyl groups is 1. The SMILES string of the molecule is CO[C@@H]1C[C@@H](O)[C@@H](O)[C@@H](COCCOCCOCCOCCNC(=O)CCOCC(COCCC(=O)NCCOCCOCCOCCOC[C@H]2OCC[C@@H](O)[C@H]2O)(COCCC(=O)NCCOCCOCCOCCOC[C@H]2OCC[C@@H](O)[C@H]2O)NC(=O)CCCOc2ccc3nc(-c4cn(-c5ccc(O)c(F)c5)nn4)ccc3c2)O1. The minimum Gasteiger partial charge on any atom is -0.505 e. The molecule has 10 atom stereocenters. The van der Waals surface area contributed by atoms with Crippen molar-refractivity contribution < 1.29 is 154 Å². The number of aliphatic hydroxyl groups is 6. The molecule has 117 heavy (non-hydrogen) atoms. The highest BCUT2D eigenvalue weighted by Gasteiger charge is 2.38. The molecule has 0 radical (unpaired) electrons. The van der Waals surface area contributed by atoms with Crippen molar-refractivity contribution in [2.24, 2.45) is 0 Å². The first-order chi connectivity index (χ1) is 57.0. The van der Waals surface area contributed by atoms with E-state index in [1.165, 1.54) is 23.9 Å². The number of nitrogens with zero attached hydrogens (tertiary/aromatic N) is 4. The third-order valence-corrected chi connectivity index (χ3v) is 18.1. The van der Waals surface area contributed by atoms with Gasteiger partial charge in [0.05, 0.1) is 246 Å². The van der Waals surface area contributed by atoms with E-state index in [0.717, 1.165) is 11.5 Å². The predicted molar refractivity (Wildman–Crippen MR) is 410 cm³/mol. The van der Waals surface area contributed by atoms with E-state index in [0.29, 0.717) is 107 Å². The number of benzene rings is 2. The van der Waals surface area contributed by atoms with E-state index in [1.807, 2.05) is 6.07 Å². The molecule has 7 rings (SSSR count). The van der Waals surface area contributed by atoms with Gasteiger partial charge in [-0.3, -0.25) is 19.2 Å². The van der Waals surface area contributed by atoms with Crippen molar-refractivity contribution in [1.29, 1.82) is 0 Å². The Morgan fingerprint density at radius 1 is 0.487 bits per heavy atom. The molecule has 3 fully saturated rings. The van der Waals surface area contributed by atoms with E-state index in [-0.39, 0.29) is 228 Å². The maximum Gasteiger partial charge on any atom is 0.222 e. The van der Waals surface area contributed by atoms with Crippen molar-refractivity contribution >= 4 is 34.5 Å². The Balaban J connectivity index is 0.844. The standard InChI is InChI=1S/C77H121FN8O31/c1-98-73-47-65(90)76(97)68(117-73)51-110-44-41-107-38-35-104-32-29-101-26-17-81-71(93)14-21-113-54-77(52-111-19-12-69(91)79-15-24-99-27-30-102-33-36-105-39-42-108-49-66-74(95)63(88)10-22-115-66,53-112-20-13-70(92)80-16-25-100-28-31-103-34-37-106-40-43-109-50-67-75(96)64(89)11-23-116-67)83-72(94)3-2-18-114-57-6-8-59-55(45-57)4-7-60(82-59)61-48-86(85-84-61)56-5-9-62(87)58(78)46-56/h4-9,45-46,48,63-68,73-76,87-90,95-97H,2-3,10-44,47,49-54H2,1H3,(H,79,91)(H,80,92)(H,81,93)(H,83,94)/t63-,64-,65-,66-,67-,68-,73+,74-,75-,76-/m1/s1. The lowest BCUT2D eigenvalue weighted by molar-refractivity contribution is -0.252. The first kappa shape index (κ1) is 97.5. The minimum atomic E-state index is -1.43. The van der Waals surface area contributed by atoms with Gasteiger partial charge in [0.15, 0.2) is 17.9 Å². The number of hydrogen-bond acceptors (Lipinski definition) is 34. The third-order valence-electron chi connectivity index (χ3n) is 18.1. The fraction of sp³-hybridized carbons (Fsp3) is 0.727. The molecule has 4 aromatic rings. The summed E-state index contributed by atoms with van der Waals surface area (Å²) in [6, 6.07) is 12.8. The largest absolute Gasteiger partial charge is 0.505 e. The van der Waals surface area contributed by atoms with Crippen LogP contribution in [-0.2, 0) is 109 Å². The Labute approximate surface area is 679 Å². The van der Waals surface area contributed by atoms with Crippen LogP contribution in [0.3, 0.4) is 0 Å². The van der Waals surface area contributed by atoms with Crippen molar-refractivity contribution in [1.82, 2.24) is 41.2 Å². The van der Waals surface area contributed by atoms with Crippen molar-refractivity contribution in [2.45, 2.75) is 118 Å². The number of ether oxygens (including phenoxy) is 20. The summed E-state index contributed by atoms with van der Waals surface area (Å²) in [5.74, 6) is -2.22. The molecule has 662 valence electrons. The Morgan fingerprint density at radius 3 is 1.39 bits per heavy atom. The van der Waals surface area contributed by atoms with E-state index < -0.39 is 84.2 Å². The zero-order valence-corrected chi connectivity index (χ0v) is 66.7. The van der Waals surface area contributed by atoms with Crippen LogP contribution in [0.15, 0.2) is 54.7 Å². The molecule has 0 saturated carbocycles. The molecule has 3 saturated heterocycles. The lowest BCUT2D eigenvalue weighted by atomic mass is 10.0. The van der Waals surface area contributed by atoms with Crippen LogP contribution in [-0.4, -0.2) is 391 Å². The van der Waals surface area contributed by atoms with Crippen LogP contribution in [0, 0.1) is 5.82 Å².